The quantitative estimate of drug-likeness (QED) is 0.654. The highest BCUT2D eigenvalue weighted by Gasteiger charge is 2.18. The van der Waals surface area contributed by atoms with Crippen LogP contribution >= 0.6 is 0 Å². The molecular weight excluding hydrogens is 253 g/mol. The predicted molar refractivity (Wildman–Crippen MR) is 69.6 cm³/mol. The summed E-state index contributed by atoms with van der Waals surface area (Å²) in [4.78, 5) is 23.2. The van der Waals surface area contributed by atoms with Crippen LogP contribution in [-0.4, -0.2) is 35.9 Å². The molecular formula is C12H16FN3O3. The minimum atomic E-state index is -0.682. The second-order valence-electron chi connectivity index (χ2n) is 4.14. The molecule has 1 aromatic carbocycles. The summed E-state index contributed by atoms with van der Waals surface area (Å²) < 4.78 is 13.3. The van der Waals surface area contributed by atoms with Crippen molar-refractivity contribution in [3.8, 4) is 0 Å². The maximum atomic E-state index is 13.3. The highest BCUT2D eigenvalue weighted by atomic mass is 19.1. The smallest absolute Gasteiger partial charge is 0.295 e. The van der Waals surface area contributed by atoms with Gasteiger partial charge in [0.1, 0.15) is 11.5 Å². The van der Waals surface area contributed by atoms with Crippen molar-refractivity contribution in [3.05, 3.63) is 33.6 Å². The van der Waals surface area contributed by atoms with Crippen molar-refractivity contribution >= 4 is 17.3 Å². The number of nitrogens with one attached hydrogen (secondary N) is 1. The number of likely N-dealkylation sites (N-methyl/N-ethyl adjacent to an activating group) is 1. The molecule has 0 aliphatic rings. The monoisotopic (exact) mass is 269 g/mol. The summed E-state index contributed by atoms with van der Waals surface area (Å²) in [5, 5.41) is 13.5. The van der Waals surface area contributed by atoms with E-state index >= 15 is 0 Å². The molecule has 19 heavy (non-hydrogen) atoms. The van der Waals surface area contributed by atoms with Crippen LogP contribution in [0.1, 0.15) is 12.5 Å². The SMILES string of the molecule is CCN(C)C(=O)CNc1cc(C)c(F)cc1[N+](=O)[O-]. The molecule has 1 amide bonds. The third-order valence-corrected chi connectivity index (χ3v) is 2.80. The van der Waals surface area contributed by atoms with Gasteiger partial charge in [0.25, 0.3) is 5.69 Å². The van der Waals surface area contributed by atoms with Crippen molar-refractivity contribution in [2.45, 2.75) is 13.8 Å². The highest BCUT2D eigenvalue weighted by molar-refractivity contribution is 5.81. The Morgan fingerprint density at radius 2 is 2.16 bits per heavy atom. The van der Waals surface area contributed by atoms with Gasteiger partial charge in [-0.2, -0.15) is 0 Å². The van der Waals surface area contributed by atoms with E-state index in [2.05, 4.69) is 5.32 Å². The van der Waals surface area contributed by atoms with Gasteiger partial charge >= 0.3 is 0 Å². The molecule has 1 rings (SSSR count). The van der Waals surface area contributed by atoms with E-state index in [1.54, 1.807) is 7.05 Å². The molecule has 0 bridgehead atoms. The summed E-state index contributed by atoms with van der Waals surface area (Å²) in [6, 6.07) is 2.18. The van der Waals surface area contributed by atoms with Crippen LogP contribution in [-0.2, 0) is 4.79 Å². The molecule has 1 aromatic rings. The third-order valence-electron chi connectivity index (χ3n) is 2.80. The molecule has 0 fully saturated rings. The second-order valence-corrected chi connectivity index (χ2v) is 4.14. The minimum absolute atomic E-state index is 0.0732. The molecule has 0 saturated heterocycles. The van der Waals surface area contributed by atoms with E-state index < -0.39 is 10.7 Å². The Labute approximate surface area is 110 Å². The van der Waals surface area contributed by atoms with Crippen LogP contribution in [0.25, 0.3) is 0 Å². The molecule has 0 spiro atoms. The van der Waals surface area contributed by atoms with E-state index in [4.69, 9.17) is 0 Å². The number of aryl methyl sites for hydroxylation is 1. The first-order valence-corrected chi connectivity index (χ1v) is 5.79. The first kappa shape index (κ1) is 14.9. The van der Waals surface area contributed by atoms with Crippen LogP contribution in [0.2, 0.25) is 0 Å². The normalized spacial score (nSPS) is 10.1. The molecule has 0 aromatic heterocycles. The Hall–Kier alpha value is -2.18. The van der Waals surface area contributed by atoms with Gasteiger partial charge < -0.3 is 10.2 Å². The molecule has 6 nitrogen and oxygen atoms in total. The van der Waals surface area contributed by atoms with Crippen LogP contribution < -0.4 is 5.32 Å². The zero-order valence-electron chi connectivity index (χ0n) is 11.1. The molecule has 104 valence electrons. The Morgan fingerprint density at radius 1 is 1.53 bits per heavy atom. The summed E-state index contributed by atoms with van der Waals surface area (Å²) in [7, 11) is 1.63. The molecule has 7 heteroatoms. The van der Waals surface area contributed by atoms with E-state index in [0.29, 0.717) is 6.54 Å². The Kier molecular flexibility index (Phi) is 4.80. The summed E-state index contributed by atoms with van der Waals surface area (Å²) in [6.07, 6.45) is 0. The predicted octanol–water partition coefficient (Wildman–Crippen LogP) is 1.93. The average molecular weight is 269 g/mol. The molecule has 1 N–H and O–H groups in total. The van der Waals surface area contributed by atoms with Crippen molar-refractivity contribution in [2.75, 3.05) is 25.5 Å². The van der Waals surface area contributed by atoms with Crippen molar-refractivity contribution in [2.24, 2.45) is 0 Å². The Balaban J connectivity index is 2.91. The minimum Gasteiger partial charge on any atom is -0.371 e. The van der Waals surface area contributed by atoms with Gasteiger partial charge in [-0.1, -0.05) is 0 Å². The molecule has 0 atom stereocenters. The highest BCUT2D eigenvalue weighted by Crippen LogP contribution is 2.27. The summed E-state index contributed by atoms with van der Waals surface area (Å²) >= 11 is 0. The number of halogens is 1. The third kappa shape index (κ3) is 3.64. The van der Waals surface area contributed by atoms with Gasteiger partial charge in [0.05, 0.1) is 17.5 Å². The average Bonchev–Trinajstić information content (AvgIpc) is 2.37. The Morgan fingerprint density at radius 3 is 2.68 bits per heavy atom. The molecule has 0 aliphatic heterocycles. The lowest BCUT2D eigenvalue weighted by Crippen LogP contribution is -2.32. The fourth-order valence-corrected chi connectivity index (χ4v) is 1.45. The summed E-state index contributed by atoms with van der Waals surface area (Å²) in [5.74, 6) is -0.840. The molecule has 0 saturated carbocycles. The Bertz CT molecular complexity index is 505. The van der Waals surface area contributed by atoms with Crippen molar-refractivity contribution in [1.82, 2.24) is 4.90 Å². The number of nitro benzene ring substituents is 1. The number of nitro groups is 1. The molecule has 0 aliphatic carbocycles. The lowest BCUT2D eigenvalue weighted by Gasteiger charge is -2.15. The van der Waals surface area contributed by atoms with Gasteiger partial charge in [0.2, 0.25) is 5.91 Å². The lowest BCUT2D eigenvalue weighted by molar-refractivity contribution is -0.384. The standard InChI is InChI=1S/C12H16FN3O3/c1-4-15(3)12(17)7-14-10-5-8(2)9(13)6-11(10)16(18)19/h5-6,14H,4,7H2,1-3H3. The van der Waals surface area contributed by atoms with Gasteiger partial charge in [0.15, 0.2) is 0 Å². The van der Waals surface area contributed by atoms with Crippen molar-refractivity contribution in [1.29, 1.82) is 0 Å². The number of rotatable bonds is 5. The second kappa shape index (κ2) is 6.12. The number of carbonyl (C=O) groups is 1. The summed E-state index contributed by atoms with van der Waals surface area (Å²) in [6.45, 7) is 3.80. The fourth-order valence-electron chi connectivity index (χ4n) is 1.45. The lowest BCUT2D eigenvalue weighted by atomic mass is 10.2. The van der Waals surface area contributed by atoms with Crippen LogP contribution in [0, 0.1) is 22.9 Å². The first-order chi connectivity index (χ1) is 8.86. The number of hydrogen-bond acceptors (Lipinski definition) is 4. The zero-order valence-corrected chi connectivity index (χ0v) is 11.1. The van der Waals surface area contributed by atoms with Gasteiger partial charge in [-0.15, -0.1) is 0 Å². The van der Waals surface area contributed by atoms with E-state index in [1.165, 1.54) is 17.9 Å². The molecule has 0 radical (unpaired) electrons. The summed E-state index contributed by atoms with van der Waals surface area (Å²) in [5.41, 5.74) is 0.0428. The van der Waals surface area contributed by atoms with Crippen LogP contribution in [0.15, 0.2) is 12.1 Å². The zero-order chi connectivity index (χ0) is 14.6. The molecule has 0 unspecified atom stereocenters. The number of nitrogens with zero attached hydrogens (tertiary/aromatic N) is 2. The van der Waals surface area contributed by atoms with Gasteiger partial charge in [0, 0.05) is 13.6 Å². The maximum absolute atomic E-state index is 13.3. The number of amides is 1. The van der Waals surface area contributed by atoms with Crippen LogP contribution in [0.5, 0.6) is 0 Å². The van der Waals surface area contributed by atoms with Crippen molar-refractivity contribution < 1.29 is 14.1 Å². The largest absolute Gasteiger partial charge is 0.371 e. The van der Waals surface area contributed by atoms with E-state index in [-0.39, 0.29) is 29.4 Å². The first-order valence-electron chi connectivity index (χ1n) is 5.79. The van der Waals surface area contributed by atoms with Crippen LogP contribution in [0.4, 0.5) is 15.8 Å². The van der Waals surface area contributed by atoms with Crippen molar-refractivity contribution in [3.63, 3.8) is 0 Å². The van der Waals surface area contributed by atoms with Gasteiger partial charge in [-0.05, 0) is 25.5 Å². The van der Waals surface area contributed by atoms with E-state index in [0.717, 1.165) is 6.07 Å². The van der Waals surface area contributed by atoms with Gasteiger partial charge in [-0.3, -0.25) is 14.9 Å². The number of hydrogen-bond donors (Lipinski definition) is 1. The number of anilines is 1. The fraction of sp³-hybridized carbons (Fsp3) is 0.417. The number of carbonyl (C=O) groups excluding carboxylic acids is 1. The maximum Gasteiger partial charge on any atom is 0.295 e. The van der Waals surface area contributed by atoms with E-state index in [9.17, 15) is 19.3 Å². The van der Waals surface area contributed by atoms with Crippen LogP contribution in [0.3, 0.4) is 0 Å². The topological polar surface area (TPSA) is 75.5 Å². The van der Waals surface area contributed by atoms with E-state index in [1.807, 2.05) is 6.92 Å². The molecule has 0 heterocycles. The number of benzene rings is 1. The van der Waals surface area contributed by atoms with Gasteiger partial charge in [-0.25, -0.2) is 4.39 Å².